The first-order valence-electron chi connectivity index (χ1n) is 12.6. The Morgan fingerprint density at radius 2 is 1.61 bits per heavy atom. The maximum atomic E-state index is 13.8. The van der Waals surface area contributed by atoms with Crippen LogP contribution in [0.1, 0.15) is 43.5 Å². The Morgan fingerprint density at radius 3 is 2.11 bits per heavy atom. The van der Waals surface area contributed by atoms with Gasteiger partial charge >= 0.3 is 0 Å². The summed E-state index contributed by atoms with van der Waals surface area (Å²) in [5.74, 6) is 1.33. The zero-order chi connectivity index (χ0) is 26.1. The number of nitrogens with two attached hydrogens (primary N) is 1. The summed E-state index contributed by atoms with van der Waals surface area (Å²) in [6.45, 7) is 7.34. The van der Waals surface area contributed by atoms with Crippen LogP contribution < -0.4 is 10.5 Å². The fourth-order valence-corrected chi connectivity index (χ4v) is 4.71. The lowest BCUT2D eigenvalue weighted by atomic mass is 9.97. The van der Waals surface area contributed by atoms with Crippen LogP contribution in [0, 0.1) is 5.92 Å². The Hall–Kier alpha value is -2.97. The summed E-state index contributed by atoms with van der Waals surface area (Å²) in [6, 6.07) is 15.7. The fourth-order valence-electron chi connectivity index (χ4n) is 4.71. The molecule has 0 aromatic heterocycles. The topological polar surface area (TPSA) is 96.1 Å². The molecule has 2 heterocycles. The van der Waals surface area contributed by atoms with Crippen molar-refractivity contribution in [3.8, 4) is 16.9 Å². The van der Waals surface area contributed by atoms with Crippen LogP contribution in [0.15, 0.2) is 48.5 Å². The zero-order valence-corrected chi connectivity index (χ0v) is 21.2. The third-order valence-electron chi connectivity index (χ3n) is 6.56. The molecule has 4 rings (SSSR count). The lowest BCUT2D eigenvalue weighted by Crippen LogP contribution is -2.41. The number of carbonyl (C=O) groups excluding carboxylic acids is 2. The number of likely N-dealkylation sites (tertiary alicyclic amines) is 2. The van der Waals surface area contributed by atoms with Crippen LogP contribution in [0.4, 0.5) is 4.39 Å². The summed E-state index contributed by atoms with van der Waals surface area (Å²) in [5, 5.41) is 9.65. The number of nitrogens with zero attached hydrogens (tertiary/aromatic N) is 2. The number of rotatable bonds is 7. The second-order valence-corrected chi connectivity index (χ2v) is 10.2. The standard InChI is InChI=1S/C27H35FN2O3.CH3NO/c1-27(2,28)19-29-14-11-20(12-15-29)18-33-25-9-7-22(8-10-25)21-3-5-23(6-4-21)26(32)30-16-13-24(31)17-30;2-1-3/h3-10,20,24,31H,11-19H2,1-2H3;1H,(H2,2,3). The minimum absolute atomic E-state index is 0.0268. The van der Waals surface area contributed by atoms with E-state index in [2.05, 4.69) is 10.6 Å². The zero-order valence-electron chi connectivity index (χ0n) is 21.2. The molecule has 1 unspecified atom stereocenters. The second-order valence-electron chi connectivity index (χ2n) is 10.2. The Bertz CT molecular complexity index is 968. The van der Waals surface area contributed by atoms with Gasteiger partial charge in [0.1, 0.15) is 11.4 Å². The quantitative estimate of drug-likeness (QED) is 0.569. The fraction of sp³-hybridized carbons (Fsp3) is 0.500. The average molecular weight is 500 g/mol. The Morgan fingerprint density at radius 1 is 1.06 bits per heavy atom. The molecule has 0 aliphatic carbocycles. The number of alkyl halides is 1. The van der Waals surface area contributed by atoms with Crippen LogP contribution in [0.3, 0.4) is 0 Å². The first-order chi connectivity index (χ1) is 17.2. The number of hydrogen-bond donors (Lipinski definition) is 2. The van der Waals surface area contributed by atoms with Gasteiger partial charge in [-0.15, -0.1) is 0 Å². The minimum Gasteiger partial charge on any atom is -0.493 e. The van der Waals surface area contributed by atoms with Gasteiger partial charge in [0.25, 0.3) is 5.91 Å². The minimum atomic E-state index is -1.14. The van der Waals surface area contributed by atoms with Crippen molar-refractivity contribution >= 4 is 12.3 Å². The molecule has 1 atom stereocenters. The molecule has 3 N–H and O–H groups in total. The molecule has 196 valence electrons. The number of β-amino-alcohol motifs (C(OH)–C–C–N with tert-alkyl or cyclic N) is 1. The maximum Gasteiger partial charge on any atom is 0.253 e. The highest BCUT2D eigenvalue weighted by Crippen LogP contribution is 2.25. The number of halogens is 1. The molecule has 2 saturated heterocycles. The molecule has 0 spiro atoms. The van der Waals surface area contributed by atoms with Crippen LogP contribution in [0.5, 0.6) is 5.75 Å². The molecular formula is C28H38FN3O4. The molecule has 0 bridgehead atoms. The normalized spacial score (nSPS) is 18.9. The monoisotopic (exact) mass is 499 g/mol. The second kappa shape index (κ2) is 12.8. The summed E-state index contributed by atoms with van der Waals surface area (Å²) >= 11 is 0. The SMILES string of the molecule is CC(C)(F)CN1CCC(COc2ccc(-c3ccc(C(=O)N4CCC(O)C4)cc3)cc2)CC1.NC=O. The van der Waals surface area contributed by atoms with E-state index >= 15 is 0 Å². The van der Waals surface area contributed by atoms with E-state index in [1.807, 2.05) is 48.5 Å². The highest BCUT2D eigenvalue weighted by molar-refractivity contribution is 5.95. The predicted molar refractivity (Wildman–Crippen MR) is 139 cm³/mol. The van der Waals surface area contributed by atoms with Gasteiger partial charge < -0.3 is 25.4 Å². The molecule has 7 nitrogen and oxygen atoms in total. The number of ether oxygens (including phenoxy) is 1. The Labute approximate surface area is 213 Å². The van der Waals surface area contributed by atoms with Crippen LogP contribution in [0.2, 0.25) is 0 Å². The van der Waals surface area contributed by atoms with E-state index in [1.165, 1.54) is 0 Å². The van der Waals surface area contributed by atoms with Crippen LogP contribution >= 0.6 is 0 Å². The van der Waals surface area contributed by atoms with Gasteiger partial charge in [-0.05, 0) is 87.5 Å². The summed E-state index contributed by atoms with van der Waals surface area (Å²) in [4.78, 5) is 25.0. The largest absolute Gasteiger partial charge is 0.493 e. The molecular weight excluding hydrogens is 461 g/mol. The van der Waals surface area contributed by atoms with Gasteiger partial charge in [-0.1, -0.05) is 24.3 Å². The molecule has 2 amide bonds. The van der Waals surface area contributed by atoms with Gasteiger partial charge in [0.05, 0.1) is 12.7 Å². The van der Waals surface area contributed by atoms with Crippen molar-refractivity contribution in [1.29, 1.82) is 0 Å². The summed E-state index contributed by atoms with van der Waals surface area (Å²) in [5.41, 5.74) is 5.79. The van der Waals surface area contributed by atoms with E-state index in [1.54, 1.807) is 18.7 Å². The van der Waals surface area contributed by atoms with Crippen molar-refractivity contribution in [2.75, 3.05) is 39.3 Å². The van der Waals surface area contributed by atoms with Gasteiger partial charge in [-0.3, -0.25) is 9.59 Å². The number of amides is 2. The molecule has 2 aliphatic rings. The average Bonchev–Trinajstić information content (AvgIpc) is 3.29. The molecule has 0 radical (unpaired) electrons. The predicted octanol–water partition coefficient (Wildman–Crippen LogP) is 3.50. The molecule has 36 heavy (non-hydrogen) atoms. The number of benzene rings is 2. The van der Waals surface area contributed by atoms with E-state index in [0.717, 1.165) is 42.8 Å². The van der Waals surface area contributed by atoms with Crippen LogP contribution in [-0.2, 0) is 4.79 Å². The Kier molecular flexibility index (Phi) is 9.84. The third kappa shape index (κ3) is 8.31. The van der Waals surface area contributed by atoms with Gasteiger partial charge in [0.15, 0.2) is 0 Å². The number of piperidine rings is 1. The van der Waals surface area contributed by atoms with Gasteiger partial charge in [-0.25, -0.2) is 4.39 Å². The van der Waals surface area contributed by atoms with Gasteiger partial charge in [-0.2, -0.15) is 0 Å². The van der Waals surface area contributed by atoms with Crippen molar-refractivity contribution < 1.29 is 23.8 Å². The van der Waals surface area contributed by atoms with Crippen LogP contribution in [0.25, 0.3) is 11.1 Å². The van der Waals surface area contributed by atoms with E-state index in [-0.39, 0.29) is 12.3 Å². The first kappa shape index (κ1) is 27.6. The van der Waals surface area contributed by atoms with Crippen molar-refractivity contribution in [2.24, 2.45) is 11.7 Å². The molecule has 2 aliphatic heterocycles. The highest BCUT2D eigenvalue weighted by atomic mass is 19.1. The number of carbonyl (C=O) groups is 2. The Balaban J connectivity index is 0.00000115. The number of hydrogen-bond acceptors (Lipinski definition) is 5. The number of primary amides is 1. The lowest BCUT2D eigenvalue weighted by molar-refractivity contribution is -0.106. The van der Waals surface area contributed by atoms with E-state index in [4.69, 9.17) is 9.53 Å². The summed E-state index contributed by atoms with van der Waals surface area (Å²) in [6.07, 6.45) is 2.57. The van der Waals surface area contributed by atoms with Crippen molar-refractivity contribution in [3.05, 3.63) is 54.1 Å². The maximum absolute atomic E-state index is 13.8. The lowest BCUT2D eigenvalue weighted by Gasteiger charge is -2.34. The molecule has 2 fully saturated rings. The summed E-state index contributed by atoms with van der Waals surface area (Å²) < 4.78 is 19.9. The van der Waals surface area contributed by atoms with Crippen molar-refractivity contribution in [1.82, 2.24) is 9.80 Å². The molecule has 8 heteroatoms. The third-order valence-corrected chi connectivity index (χ3v) is 6.56. The van der Waals surface area contributed by atoms with E-state index in [9.17, 15) is 14.3 Å². The van der Waals surface area contributed by atoms with Gasteiger partial charge in [0, 0.05) is 25.2 Å². The number of aliphatic hydroxyl groups excluding tert-OH is 1. The molecule has 2 aromatic carbocycles. The molecule has 2 aromatic rings. The van der Waals surface area contributed by atoms with E-state index in [0.29, 0.717) is 44.1 Å². The summed E-state index contributed by atoms with van der Waals surface area (Å²) in [7, 11) is 0. The smallest absolute Gasteiger partial charge is 0.253 e. The van der Waals surface area contributed by atoms with Crippen LogP contribution in [-0.4, -0.2) is 78.3 Å². The van der Waals surface area contributed by atoms with Crippen molar-refractivity contribution in [3.63, 3.8) is 0 Å². The van der Waals surface area contributed by atoms with Crippen molar-refractivity contribution in [2.45, 2.75) is 44.9 Å². The molecule has 0 saturated carbocycles. The highest BCUT2D eigenvalue weighted by Gasteiger charge is 2.26. The van der Waals surface area contributed by atoms with Gasteiger partial charge in [0.2, 0.25) is 6.41 Å². The first-order valence-corrected chi connectivity index (χ1v) is 12.6. The number of aliphatic hydroxyl groups is 1. The van der Waals surface area contributed by atoms with E-state index < -0.39 is 11.8 Å².